The van der Waals surface area contributed by atoms with Gasteiger partial charge in [0, 0.05) is 18.9 Å². The fourth-order valence-corrected chi connectivity index (χ4v) is 1.95. The molecule has 0 radical (unpaired) electrons. The van der Waals surface area contributed by atoms with Crippen molar-refractivity contribution >= 4 is 27.6 Å². The van der Waals surface area contributed by atoms with E-state index in [4.69, 9.17) is 4.74 Å². The van der Waals surface area contributed by atoms with Gasteiger partial charge in [-0.2, -0.15) is 0 Å². The second-order valence-corrected chi connectivity index (χ2v) is 6.29. The summed E-state index contributed by atoms with van der Waals surface area (Å²) in [6.45, 7) is 6.06. The van der Waals surface area contributed by atoms with Gasteiger partial charge in [0.1, 0.15) is 10.2 Å². The van der Waals surface area contributed by atoms with E-state index in [0.717, 1.165) is 15.7 Å². The second-order valence-electron chi connectivity index (χ2n) is 5.48. The molecule has 0 unspecified atom stereocenters. The first-order valence-corrected chi connectivity index (χ1v) is 7.14. The molecular weight excluding hydrogens is 320 g/mol. The number of allylic oxidation sites excluding steroid dienone is 2. The van der Waals surface area contributed by atoms with Gasteiger partial charge in [0.2, 0.25) is 0 Å². The van der Waals surface area contributed by atoms with E-state index >= 15 is 0 Å². The van der Waals surface area contributed by atoms with Crippen molar-refractivity contribution in [3.05, 3.63) is 46.8 Å². The van der Waals surface area contributed by atoms with Gasteiger partial charge in [-0.3, -0.25) is 4.90 Å². The topological polar surface area (TPSA) is 42.4 Å². The van der Waals surface area contributed by atoms with Crippen LogP contribution < -0.4 is 0 Å². The highest BCUT2D eigenvalue weighted by Gasteiger charge is 2.21. The van der Waals surface area contributed by atoms with Gasteiger partial charge in [0.25, 0.3) is 0 Å². The lowest BCUT2D eigenvalue weighted by molar-refractivity contribution is 0.0351. The zero-order chi connectivity index (χ0) is 14.8. The van der Waals surface area contributed by atoms with Crippen LogP contribution in [-0.4, -0.2) is 28.1 Å². The average molecular weight is 337 g/mol. The molecular formula is C15H17BrN2O2. The lowest BCUT2D eigenvalue weighted by Gasteiger charge is -2.26. The first-order chi connectivity index (χ1) is 9.35. The third-order valence-corrected chi connectivity index (χ3v) is 3.10. The number of amides is 1. The monoisotopic (exact) mass is 336 g/mol. The molecule has 0 spiro atoms. The number of pyridine rings is 1. The van der Waals surface area contributed by atoms with Crippen molar-refractivity contribution < 1.29 is 9.53 Å². The molecule has 0 aliphatic carbocycles. The van der Waals surface area contributed by atoms with Gasteiger partial charge in [0.15, 0.2) is 0 Å². The van der Waals surface area contributed by atoms with Crippen LogP contribution in [0.3, 0.4) is 0 Å². The van der Waals surface area contributed by atoms with Crippen molar-refractivity contribution in [2.45, 2.75) is 26.4 Å². The number of rotatable bonds is 1. The van der Waals surface area contributed by atoms with Gasteiger partial charge >= 0.3 is 6.09 Å². The predicted molar refractivity (Wildman–Crippen MR) is 82.0 cm³/mol. The molecule has 0 aromatic carbocycles. The Morgan fingerprint density at radius 1 is 1.40 bits per heavy atom. The average Bonchev–Trinajstić information content (AvgIpc) is 2.38. The molecule has 20 heavy (non-hydrogen) atoms. The first kappa shape index (κ1) is 14.8. The normalized spacial score (nSPS) is 15.0. The molecule has 1 amide bonds. The Labute approximate surface area is 127 Å². The molecule has 2 heterocycles. The van der Waals surface area contributed by atoms with Gasteiger partial charge in [-0.05, 0) is 60.0 Å². The fraction of sp³-hybridized carbons (Fsp3) is 0.333. The summed E-state index contributed by atoms with van der Waals surface area (Å²) in [7, 11) is 0. The zero-order valence-corrected chi connectivity index (χ0v) is 13.3. The van der Waals surface area contributed by atoms with E-state index in [2.05, 4.69) is 20.9 Å². The number of hydrogen-bond acceptors (Lipinski definition) is 3. The van der Waals surface area contributed by atoms with E-state index in [1.54, 1.807) is 17.3 Å². The molecule has 1 aliphatic heterocycles. The highest BCUT2D eigenvalue weighted by molar-refractivity contribution is 9.10. The Bertz CT molecular complexity index is 556. The van der Waals surface area contributed by atoms with Crippen molar-refractivity contribution in [1.82, 2.24) is 9.88 Å². The molecule has 106 valence electrons. The van der Waals surface area contributed by atoms with E-state index < -0.39 is 5.60 Å². The van der Waals surface area contributed by atoms with Crippen molar-refractivity contribution in [1.29, 1.82) is 0 Å². The Morgan fingerprint density at radius 3 is 2.65 bits per heavy atom. The number of carbonyl (C=O) groups is 1. The Hall–Kier alpha value is -1.62. The van der Waals surface area contributed by atoms with Gasteiger partial charge < -0.3 is 4.74 Å². The standard InChI is InChI=1S/C15H17BrN2O2/c1-15(2,3)20-14(19)18-8-6-11(7-9-18)12-4-5-13(16)17-10-12/h4-8,10H,9H2,1-3H3. The molecule has 1 aliphatic rings. The summed E-state index contributed by atoms with van der Waals surface area (Å²) in [6, 6.07) is 3.88. The molecule has 5 heteroatoms. The van der Waals surface area contributed by atoms with Crippen LogP contribution in [0.15, 0.2) is 41.3 Å². The SMILES string of the molecule is CC(C)(C)OC(=O)N1C=CC(c2ccc(Br)nc2)=CC1. The van der Waals surface area contributed by atoms with Crippen LogP contribution in [0.4, 0.5) is 4.79 Å². The Balaban J connectivity index is 2.03. The molecule has 0 saturated heterocycles. The summed E-state index contributed by atoms with van der Waals surface area (Å²) >= 11 is 3.31. The summed E-state index contributed by atoms with van der Waals surface area (Å²) in [6.07, 6.45) is 7.07. The smallest absolute Gasteiger partial charge is 0.414 e. The number of carbonyl (C=O) groups excluding carboxylic acids is 1. The van der Waals surface area contributed by atoms with E-state index in [1.807, 2.05) is 45.1 Å². The van der Waals surface area contributed by atoms with Crippen LogP contribution in [-0.2, 0) is 4.74 Å². The molecule has 4 nitrogen and oxygen atoms in total. The van der Waals surface area contributed by atoms with Crippen molar-refractivity contribution in [2.24, 2.45) is 0 Å². The molecule has 0 N–H and O–H groups in total. The summed E-state index contributed by atoms with van der Waals surface area (Å²) in [5.41, 5.74) is 1.59. The molecule has 0 bridgehead atoms. The maximum Gasteiger partial charge on any atom is 0.414 e. The summed E-state index contributed by atoms with van der Waals surface area (Å²) in [5, 5.41) is 0. The van der Waals surface area contributed by atoms with Crippen LogP contribution in [0.1, 0.15) is 26.3 Å². The van der Waals surface area contributed by atoms with Crippen LogP contribution in [0, 0.1) is 0 Å². The third kappa shape index (κ3) is 3.93. The minimum absolute atomic E-state index is 0.335. The molecule has 2 rings (SSSR count). The van der Waals surface area contributed by atoms with Gasteiger partial charge in [-0.15, -0.1) is 0 Å². The molecule has 0 atom stereocenters. The fourth-order valence-electron chi connectivity index (χ4n) is 1.71. The van der Waals surface area contributed by atoms with E-state index in [-0.39, 0.29) is 6.09 Å². The van der Waals surface area contributed by atoms with E-state index in [9.17, 15) is 4.79 Å². The summed E-state index contributed by atoms with van der Waals surface area (Å²) < 4.78 is 6.12. The Morgan fingerprint density at radius 2 is 2.15 bits per heavy atom. The number of ether oxygens (including phenoxy) is 1. The lowest BCUT2D eigenvalue weighted by Crippen LogP contribution is -2.34. The number of nitrogens with zero attached hydrogens (tertiary/aromatic N) is 2. The molecule has 0 fully saturated rings. The van der Waals surface area contributed by atoms with Gasteiger partial charge in [0.05, 0.1) is 0 Å². The van der Waals surface area contributed by atoms with Gasteiger partial charge in [-0.25, -0.2) is 9.78 Å². The maximum absolute atomic E-state index is 11.9. The van der Waals surface area contributed by atoms with Gasteiger partial charge in [-0.1, -0.05) is 12.1 Å². The van der Waals surface area contributed by atoms with Crippen LogP contribution in [0.5, 0.6) is 0 Å². The highest BCUT2D eigenvalue weighted by atomic mass is 79.9. The zero-order valence-electron chi connectivity index (χ0n) is 11.8. The Kier molecular flexibility index (Phi) is 4.28. The van der Waals surface area contributed by atoms with E-state index in [0.29, 0.717) is 6.54 Å². The first-order valence-electron chi connectivity index (χ1n) is 6.35. The lowest BCUT2D eigenvalue weighted by atomic mass is 10.1. The third-order valence-electron chi connectivity index (χ3n) is 2.63. The second kappa shape index (κ2) is 5.79. The minimum Gasteiger partial charge on any atom is -0.443 e. The van der Waals surface area contributed by atoms with Crippen LogP contribution >= 0.6 is 15.9 Å². The van der Waals surface area contributed by atoms with Crippen LogP contribution in [0.2, 0.25) is 0 Å². The number of hydrogen-bond donors (Lipinski definition) is 0. The molecule has 1 aromatic heterocycles. The van der Waals surface area contributed by atoms with Crippen molar-refractivity contribution in [3.63, 3.8) is 0 Å². The van der Waals surface area contributed by atoms with Crippen LogP contribution in [0.25, 0.3) is 5.57 Å². The van der Waals surface area contributed by atoms with Crippen molar-refractivity contribution in [3.8, 4) is 0 Å². The summed E-state index contributed by atoms with van der Waals surface area (Å²) in [5.74, 6) is 0. The predicted octanol–water partition coefficient (Wildman–Crippen LogP) is 3.99. The largest absolute Gasteiger partial charge is 0.443 e. The molecule has 1 aromatic rings. The number of halogens is 1. The summed E-state index contributed by atoms with van der Waals surface area (Å²) in [4.78, 5) is 17.6. The molecule has 0 saturated carbocycles. The van der Waals surface area contributed by atoms with E-state index in [1.165, 1.54) is 0 Å². The quantitative estimate of drug-likeness (QED) is 0.728. The highest BCUT2D eigenvalue weighted by Crippen LogP contribution is 2.21. The minimum atomic E-state index is -0.482. The van der Waals surface area contributed by atoms with Crippen molar-refractivity contribution in [2.75, 3.05) is 6.54 Å². The maximum atomic E-state index is 11.9. The number of aromatic nitrogens is 1.